The zero-order chi connectivity index (χ0) is 11.5. The zero-order valence-corrected chi connectivity index (χ0v) is 8.49. The Hall–Kier alpha value is -2.44. The highest BCUT2D eigenvalue weighted by atomic mass is 16.5. The van der Waals surface area contributed by atoms with Gasteiger partial charge in [0.25, 0.3) is 11.9 Å². The minimum atomic E-state index is -0.612. The van der Waals surface area contributed by atoms with Crippen molar-refractivity contribution in [2.24, 2.45) is 5.73 Å². The average molecular weight is 219 g/mol. The summed E-state index contributed by atoms with van der Waals surface area (Å²) in [7, 11) is 1.41. The van der Waals surface area contributed by atoms with E-state index < -0.39 is 5.91 Å². The van der Waals surface area contributed by atoms with Gasteiger partial charge in [0.1, 0.15) is 5.56 Å². The van der Waals surface area contributed by atoms with Crippen LogP contribution in [-0.4, -0.2) is 32.8 Å². The lowest BCUT2D eigenvalue weighted by molar-refractivity contribution is 0.0997. The van der Waals surface area contributed by atoms with E-state index >= 15 is 0 Å². The molecule has 16 heavy (non-hydrogen) atoms. The van der Waals surface area contributed by atoms with Crippen LogP contribution in [0.4, 0.5) is 0 Å². The molecule has 0 aliphatic heterocycles. The number of primary amides is 1. The molecule has 0 saturated carbocycles. The van der Waals surface area contributed by atoms with E-state index in [4.69, 9.17) is 10.5 Å². The van der Waals surface area contributed by atoms with Crippen molar-refractivity contribution in [2.75, 3.05) is 7.11 Å². The summed E-state index contributed by atoms with van der Waals surface area (Å²) in [6.07, 6.45) is 4.57. The Kier molecular flexibility index (Phi) is 2.50. The van der Waals surface area contributed by atoms with Crippen LogP contribution in [0.2, 0.25) is 0 Å². The first-order valence-electron chi connectivity index (χ1n) is 4.43. The van der Waals surface area contributed by atoms with E-state index in [0.717, 1.165) is 0 Å². The maximum atomic E-state index is 11.1. The number of nitrogens with zero attached hydrogens (tertiary/aromatic N) is 4. The third kappa shape index (κ3) is 1.70. The minimum Gasteiger partial charge on any atom is -0.479 e. The molecule has 0 spiro atoms. The number of carbonyl (C=O) groups excluding carboxylic acids is 1. The Labute approximate surface area is 90.9 Å². The van der Waals surface area contributed by atoms with Crippen molar-refractivity contribution in [1.82, 2.24) is 19.7 Å². The Balaban J connectivity index is 2.48. The van der Waals surface area contributed by atoms with E-state index in [0.29, 0.717) is 5.95 Å². The van der Waals surface area contributed by atoms with Crippen molar-refractivity contribution in [3.8, 4) is 11.8 Å². The molecular weight excluding hydrogens is 210 g/mol. The molecule has 0 radical (unpaired) electrons. The van der Waals surface area contributed by atoms with Crippen molar-refractivity contribution in [3.05, 3.63) is 30.2 Å². The Morgan fingerprint density at radius 2 is 2.12 bits per heavy atom. The number of carbonyl (C=O) groups is 1. The monoisotopic (exact) mass is 219 g/mol. The second kappa shape index (κ2) is 3.97. The van der Waals surface area contributed by atoms with Gasteiger partial charge in [0.15, 0.2) is 0 Å². The van der Waals surface area contributed by atoms with Crippen LogP contribution in [0.15, 0.2) is 24.7 Å². The van der Waals surface area contributed by atoms with Gasteiger partial charge >= 0.3 is 0 Å². The first-order chi connectivity index (χ1) is 7.72. The summed E-state index contributed by atoms with van der Waals surface area (Å²) in [5.41, 5.74) is 5.36. The van der Waals surface area contributed by atoms with Crippen LogP contribution in [0.5, 0.6) is 5.88 Å². The summed E-state index contributed by atoms with van der Waals surface area (Å²) < 4.78 is 6.25. The van der Waals surface area contributed by atoms with Gasteiger partial charge in [0.05, 0.1) is 13.3 Å². The van der Waals surface area contributed by atoms with Gasteiger partial charge in [-0.2, -0.15) is 0 Å². The molecular formula is C9H9N5O2. The number of rotatable bonds is 3. The van der Waals surface area contributed by atoms with Gasteiger partial charge in [-0.3, -0.25) is 4.79 Å². The highest BCUT2D eigenvalue weighted by Crippen LogP contribution is 2.15. The summed E-state index contributed by atoms with van der Waals surface area (Å²) in [4.78, 5) is 19.0. The first-order valence-corrected chi connectivity index (χ1v) is 4.43. The molecule has 0 aliphatic carbocycles. The van der Waals surface area contributed by atoms with Crippen molar-refractivity contribution in [2.45, 2.75) is 0 Å². The SMILES string of the molecule is COc1nn(-c2ncccn2)cc1C(N)=O. The van der Waals surface area contributed by atoms with Gasteiger partial charge in [0, 0.05) is 12.4 Å². The van der Waals surface area contributed by atoms with E-state index in [9.17, 15) is 4.79 Å². The molecule has 0 aromatic carbocycles. The molecule has 82 valence electrons. The fourth-order valence-electron chi connectivity index (χ4n) is 1.19. The predicted octanol–water partition coefficient (Wildman–Crippen LogP) is -0.230. The van der Waals surface area contributed by atoms with Crippen LogP contribution in [0.1, 0.15) is 10.4 Å². The number of hydrogen-bond donors (Lipinski definition) is 1. The number of hydrogen-bond acceptors (Lipinski definition) is 5. The van der Waals surface area contributed by atoms with Crippen molar-refractivity contribution in [1.29, 1.82) is 0 Å². The van der Waals surface area contributed by atoms with Crippen molar-refractivity contribution >= 4 is 5.91 Å². The molecule has 7 nitrogen and oxygen atoms in total. The molecule has 0 unspecified atom stereocenters. The number of nitrogens with two attached hydrogens (primary N) is 1. The van der Waals surface area contributed by atoms with E-state index in [-0.39, 0.29) is 11.4 Å². The van der Waals surface area contributed by atoms with E-state index in [1.807, 2.05) is 0 Å². The summed E-state index contributed by atoms with van der Waals surface area (Å²) in [5.74, 6) is -0.118. The number of aromatic nitrogens is 4. The molecule has 2 heterocycles. The fraction of sp³-hybridized carbons (Fsp3) is 0.111. The standard InChI is InChI=1S/C9H9N5O2/c1-16-8-6(7(10)15)5-14(13-8)9-11-3-2-4-12-9/h2-5H,1H3,(H2,10,15). The molecule has 0 saturated heterocycles. The highest BCUT2D eigenvalue weighted by molar-refractivity contribution is 5.94. The van der Waals surface area contributed by atoms with Crippen molar-refractivity contribution < 1.29 is 9.53 Å². The largest absolute Gasteiger partial charge is 0.479 e. The van der Waals surface area contributed by atoms with Gasteiger partial charge in [-0.25, -0.2) is 14.6 Å². The molecule has 2 aromatic rings. The van der Waals surface area contributed by atoms with Crippen LogP contribution in [0, 0.1) is 0 Å². The molecule has 2 aromatic heterocycles. The van der Waals surface area contributed by atoms with Gasteiger partial charge in [0.2, 0.25) is 5.88 Å². The first kappa shape index (κ1) is 10.1. The third-order valence-corrected chi connectivity index (χ3v) is 1.90. The number of methoxy groups -OCH3 is 1. The number of amides is 1. The van der Waals surface area contributed by atoms with Gasteiger partial charge in [-0.05, 0) is 6.07 Å². The normalized spacial score (nSPS) is 10.1. The van der Waals surface area contributed by atoms with Gasteiger partial charge < -0.3 is 10.5 Å². The van der Waals surface area contributed by atoms with Crippen LogP contribution < -0.4 is 10.5 Å². The van der Waals surface area contributed by atoms with Crippen molar-refractivity contribution in [3.63, 3.8) is 0 Å². The fourth-order valence-corrected chi connectivity index (χ4v) is 1.19. The third-order valence-electron chi connectivity index (χ3n) is 1.90. The van der Waals surface area contributed by atoms with E-state index in [1.165, 1.54) is 18.0 Å². The zero-order valence-electron chi connectivity index (χ0n) is 8.49. The molecule has 0 aliphatic rings. The quantitative estimate of drug-likeness (QED) is 0.769. The summed E-state index contributed by atoms with van der Waals surface area (Å²) >= 11 is 0. The Bertz CT molecular complexity index is 508. The Morgan fingerprint density at radius 1 is 1.44 bits per heavy atom. The number of ether oxygens (including phenoxy) is 1. The average Bonchev–Trinajstić information content (AvgIpc) is 2.74. The molecule has 0 bridgehead atoms. The van der Waals surface area contributed by atoms with Crippen LogP contribution in [0.3, 0.4) is 0 Å². The maximum Gasteiger partial charge on any atom is 0.255 e. The molecule has 7 heteroatoms. The second-order valence-electron chi connectivity index (χ2n) is 2.91. The maximum absolute atomic E-state index is 11.1. The lowest BCUT2D eigenvalue weighted by Crippen LogP contribution is -2.11. The van der Waals surface area contributed by atoms with E-state index in [2.05, 4.69) is 15.1 Å². The summed E-state index contributed by atoms with van der Waals surface area (Å²) in [6.45, 7) is 0. The van der Waals surface area contributed by atoms with Crippen LogP contribution in [-0.2, 0) is 0 Å². The molecule has 0 fully saturated rings. The smallest absolute Gasteiger partial charge is 0.255 e. The van der Waals surface area contributed by atoms with E-state index in [1.54, 1.807) is 18.5 Å². The predicted molar refractivity (Wildman–Crippen MR) is 54.2 cm³/mol. The molecule has 0 atom stereocenters. The molecule has 2 rings (SSSR count). The lowest BCUT2D eigenvalue weighted by Gasteiger charge is -1.96. The van der Waals surface area contributed by atoms with Crippen LogP contribution >= 0.6 is 0 Å². The highest BCUT2D eigenvalue weighted by Gasteiger charge is 2.15. The molecule has 2 N–H and O–H groups in total. The molecule has 1 amide bonds. The summed E-state index contributed by atoms with van der Waals surface area (Å²) in [5, 5.41) is 3.99. The topological polar surface area (TPSA) is 95.9 Å². The lowest BCUT2D eigenvalue weighted by atomic mass is 10.3. The van der Waals surface area contributed by atoms with Gasteiger partial charge in [-0.1, -0.05) is 0 Å². The summed E-state index contributed by atoms with van der Waals surface area (Å²) in [6, 6.07) is 1.68. The van der Waals surface area contributed by atoms with Crippen LogP contribution in [0.25, 0.3) is 5.95 Å². The minimum absolute atomic E-state index is 0.153. The Morgan fingerprint density at radius 3 is 2.62 bits per heavy atom. The van der Waals surface area contributed by atoms with Gasteiger partial charge in [-0.15, -0.1) is 5.10 Å². The second-order valence-corrected chi connectivity index (χ2v) is 2.91.